The predicted molar refractivity (Wildman–Crippen MR) is 138 cm³/mol. The van der Waals surface area contributed by atoms with Crippen molar-refractivity contribution < 1.29 is 23.9 Å². The molecule has 202 valence electrons. The zero-order chi connectivity index (χ0) is 25.3. The molecule has 0 aromatic rings. The molecule has 0 radical (unpaired) electrons. The van der Waals surface area contributed by atoms with E-state index in [2.05, 4.69) is 6.92 Å². The number of ether oxygens (including phenoxy) is 2. The Morgan fingerprint density at radius 2 is 1.20 bits per heavy atom. The van der Waals surface area contributed by atoms with Crippen molar-refractivity contribution in [3.63, 3.8) is 0 Å². The highest BCUT2D eigenvalue weighted by atomic mass is 16.6. The van der Waals surface area contributed by atoms with Gasteiger partial charge in [0.25, 0.3) is 0 Å². The number of amides is 2. The van der Waals surface area contributed by atoms with Gasteiger partial charge in [0.15, 0.2) is 0 Å². The molecular formula is C28H50N2O5. The number of hydrogen-bond acceptors (Lipinski definition) is 5. The highest BCUT2D eigenvalue weighted by molar-refractivity contribution is 5.90. The van der Waals surface area contributed by atoms with E-state index in [1.807, 2.05) is 0 Å². The molecule has 35 heavy (non-hydrogen) atoms. The van der Waals surface area contributed by atoms with Crippen LogP contribution in [-0.4, -0.2) is 66.2 Å². The fourth-order valence-electron chi connectivity index (χ4n) is 5.28. The monoisotopic (exact) mass is 494 g/mol. The highest BCUT2D eigenvalue weighted by Crippen LogP contribution is 2.25. The Morgan fingerprint density at radius 3 is 1.80 bits per heavy atom. The van der Waals surface area contributed by atoms with E-state index >= 15 is 0 Å². The lowest BCUT2D eigenvalue weighted by atomic mass is 9.97. The molecule has 0 N–H and O–H groups in total. The number of rotatable bonds is 15. The van der Waals surface area contributed by atoms with Crippen LogP contribution in [0.2, 0.25) is 0 Å². The first-order valence-corrected chi connectivity index (χ1v) is 14.5. The molecule has 0 bridgehead atoms. The molecule has 2 unspecified atom stereocenters. The fraction of sp³-hybridized carbons (Fsp3) is 0.893. The third-order valence-electron chi connectivity index (χ3n) is 7.34. The Bertz CT molecular complexity index is 626. The van der Waals surface area contributed by atoms with E-state index < -0.39 is 18.2 Å². The molecule has 0 aromatic heterocycles. The normalized spacial score (nSPS) is 20.5. The fourth-order valence-corrected chi connectivity index (χ4v) is 5.28. The van der Waals surface area contributed by atoms with Crippen LogP contribution in [0.25, 0.3) is 0 Å². The third-order valence-corrected chi connectivity index (χ3v) is 7.34. The number of unbranched alkanes of at least 4 members (excludes halogenated alkanes) is 10. The van der Waals surface area contributed by atoms with Crippen LogP contribution in [0.15, 0.2) is 0 Å². The standard InChI is InChI=1S/C28H50N2O5/c1-3-5-6-7-8-9-10-11-12-13-18-23-35-27(32)25-20-15-16-21-29(25)26(31)24-19-14-17-22-30(24)28(33)34-4-2/h24-25H,3-23H2,1-2H3. The van der Waals surface area contributed by atoms with Crippen molar-refractivity contribution >= 4 is 18.0 Å². The largest absolute Gasteiger partial charge is 0.464 e. The quantitative estimate of drug-likeness (QED) is 0.199. The first kappa shape index (κ1) is 29.4. The molecular weight excluding hydrogens is 444 g/mol. The summed E-state index contributed by atoms with van der Waals surface area (Å²) >= 11 is 0. The number of piperidine rings is 2. The number of esters is 1. The van der Waals surface area contributed by atoms with Crippen molar-refractivity contribution in [1.29, 1.82) is 0 Å². The predicted octanol–water partition coefficient (Wildman–Crippen LogP) is 6.23. The Labute approximate surface area is 213 Å². The van der Waals surface area contributed by atoms with Gasteiger partial charge in [-0.25, -0.2) is 9.59 Å². The van der Waals surface area contributed by atoms with Crippen molar-refractivity contribution in [1.82, 2.24) is 9.80 Å². The summed E-state index contributed by atoms with van der Waals surface area (Å²) in [5.74, 6) is -0.419. The summed E-state index contributed by atoms with van der Waals surface area (Å²) in [6, 6.07) is -1.07. The van der Waals surface area contributed by atoms with Crippen LogP contribution in [0, 0.1) is 0 Å². The second-order valence-electron chi connectivity index (χ2n) is 10.2. The van der Waals surface area contributed by atoms with Crippen LogP contribution < -0.4 is 0 Å². The van der Waals surface area contributed by atoms with E-state index in [0.717, 1.165) is 38.5 Å². The van der Waals surface area contributed by atoms with E-state index in [1.165, 1.54) is 57.8 Å². The van der Waals surface area contributed by atoms with Gasteiger partial charge in [-0.1, -0.05) is 71.1 Å². The minimum absolute atomic E-state index is 0.130. The van der Waals surface area contributed by atoms with Gasteiger partial charge in [0, 0.05) is 13.1 Å². The van der Waals surface area contributed by atoms with Gasteiger partial charge in [-0.05, 0) is 51.9 Å². The first-order valence-electron chi connectivity index (χ1n) is 14.5. The van der Waals surface area contributed by atoms with Gasteiger partial charge in [0.05, 0.1) is 13.2 Å². The van der Waals surface area contributed by atoms with Crippen molar-refractivity contribution in [3.8, 4) is 0 Å². The Hall–Kier alpha value is -1.79. The van der Waals surface area contributed by atoms with E-state index in [-0.39, 0.29) is 18.5 Å². The minimum Gasteiger partial charge on any atom is -0.464 e. The van der Waals surface area contributed by atoms with Gasteiger partial charge in [0.2, 0.25) is 5.91 Å². The number of likely N-dealkylation sites (tertiary alicyclic amines) is 2. The lowest BCUT2D eigenvalue weighted by Gasteiger charge is -2.40. The van der Waals surface area contributed by atoms with Gasteiger partial charge in [-0.3, -0.25) is 9.69 Å². The molecule has 2 aliphatic rings. The smallest absolute Gasteiger partial charge is 0.410 e. The summed E-state index contributed by atoms with van der Waals surface area (Å²) in [4.78, 5) is 41.9. The summed E-state index contributed by atoms with van der Waals surface area (Å²) < 4.78 is 10.8. The van der Waals surface area contributed by atoms with Crippen LogP contribution in [0.3, 0.4) is 0 Å². The van der Waals surface area contributed by atoms with Crippen molar-refractivity contribution in [2.45, 2.75) is 135 Å². The third kappa shape index (κ3) is 10.4. The summed E-state index contributed by atoms with van der Waals surface area (Å²) in [6.45, 7) is 5.80. The molecule has 2 rings (SSSR count). The van der Waals surface area contributed by atoms with Crippen molar-refractivity contribution in [3.05, 3.63) is 0 Å². The molecule has 2 fully saturated rings. The van der Waals surface area contributed by atoms with Crippen LogP contribution in [0.1, 0.15) is 123 Å². The highest BCUT2D eigenvalue weighted by Gasteiger charge is 2.40. The molecule has 0 aromatic carbocycles. The molecule has 2 saturated heterocycles. The number of carbonyl (C=O) groups excluding carboxylic acids is 3. The molecule has 2 amide bonds. The number of carbonyl (C=O) groups is 3. The van der Waals surface area contributed by atoms with Crippen LogP contribution >= 0.6 is 0 Å². The van der Waals surface area contributed by atoms with Gasteiger partial charge < -0.3 is 14.4 Å². The van der Waals surface area contributed by atoms with E-state index in [1.54, 1.807) is 16.7 Å². The Morgan fingerprint density at radius 1 is 0.657 bits per heavy atom. The van der Waals surface area contributed by atoms with Crippen molar-refractivity contribution in [2.24, 2.45) is 0 Å². The van der Waals surface area contributed by atoms with Crippen LogP contribution in [0.4, 0.5) is 4.79 Å². The van der Waals surface area contributed by atoms with Crippen molar-refractivity contribution in [2.75, 3.05) is 26.3 Å². The maximum absolute atomic E-state index is 13.4. The van der Waals surface area contributed by atoms with Gasteiger partial charge in [-0.15, -0.1) is 0 Å². The Balaban J connectivity index is 1.70. The number of nitrogens with zero attached hydrogens (tertiary/aromatic N) is 2. The molecule has 7 heteroatoms. The van der Waals surface area contributed by atoms with Gasteiger partial charge in [0.1, 0.15) is 12.1 Å². The second-order valence-corrected chi connectivity index (χ2v) is 10.2. The lowest BCUT2D eigenvalue weighted by Crippen LogP contribution is -2.58. The molecule has 7 nitrogen and oxygen atoms in total. The van der Waals surface area contributed by atoms with Crippen LogP contribution in [-0.2, 0) is 19.1 Å². The molecule has 0 aliphatic carbocycles. The summed E-state index contributed by atoms with van der Waals surface area (Å²) in [7, 11) is 0. The lowest BCUT2D eigenvalue weighted by molar-refractivity contribution is -0.159. The molecule has 0 saturated carbocycles. The zero-order valence-corrected chi connectivity index (χ0v) is 22.4. The molecule has 2 heterocycles. The SMILES string of the molecule is CCCCCCCCCCCCCOC(=O)C1CCCCN1C(=O)C1CCCCN1C(=O)OCC. The molecule has 2 atom stereocenters. The maximum Gasteiger partial charge on any atom is 0.410 e. The second kappa shape index (κ2) is 17.6. The maximum atomic E-state index is 13.4. The minimum atomic E-state index is -0.539. The summed E-state index contributed by atoms with van der Waals surface area (Å²) in [5, 5.41) is 0. The number of hydrogen-bond donors (Lipinski definition) is 0. The summed E-state index contributed by atoms with van der Waals surface area (Å²) in [6.07, 6.45) is 18.2. The average molecular weight is 495 g/mol. The summed E-state index contributed by atoms with van der Waals surface area (Å²) in [5.41, 5.74) is 0. The molecule has 2 aliphatic heterocycles. The van der Waals surface area contributed by atoms with Crippen LogP contribution in [0.5, 0.6) is 0 Å². The zero-order valence-electron chi connectivity index (χ0n) is 22.4. The van der Waals surface area contributed by atoms with Gasteiger partial charge in [-0.2, -0.15) is 0 Å². The Kier molecular flexibility index (Phi) is 14.8. The first-order chi connectivity index (χ1) is 17.1. The topological polar surface area (TPSA) is 76.2 Å². The van der Waals surface area contributed by atoms with E-state index in [0.29, 0.717) is 32.5 Å². The average Bonchev–Trinajstić information content (AvgIpc) is 2.89. The van der Waals surface area contributed by atoms with Gasteiger partial charge >= 0.3 is 12.1 Å². The van der Waals surface area contributed by atoms with E-state index in [9.17, 15) is 14.4 Å². The molecule has 0 spiro atoms. The van der Waals surface area contributed by atoms with E-state index in [4.69, 9.17) is 9.47 Å².